The third-order valence-corrected chi connectivity index (χ3v) is 4.98. The quantitative estimate of drug-likeness (QED) is 0.154. The highest BCUT2D eigenvalue weighted by Gasteiger charge is 2.32. The molecule has 0 radical (unpaired) electrons. The molecule has 0 bridgehead atoms. The van der Waals surface area contributed by atoms with Crippen molar-refractivity contribution in [2.24, 2.45) is 11.7 Å². The first-order chi connectivity index (χ1) is 16.8. The van der Waals surface area contributed by atoms with Crippen molar-refractivity contribution in [2.75, 3.05) is 0 Å². The number of nitrogens with two attached hydrogens (primary N) is 1. The topological polar surface area (TPSA) is 225 Å². The van der Waals surface area contributed by atoms with E-state index in [4.69, 9.17) is 10.8 Å². The maximum Gasteiger partial charge on any atom is 0.326 e. The Morgan fingerprint density at radius 3 is 1.61 bits per heavy atom. The number of hydrogen-bond acceptors (Lipinski definition) is 7. The van der Waals surface area contributed by atoms with Gasteiger partial charge < -0.3 is 37.0 Å². The SMILES string of the molecule is CC(C)CC(NC(=O)C(CC(=O)O)NC(=O)C(CC(=O)O)NC(=O)C(N)Cc1ccccc1)C(=O)O. The lowest BCUT2D eigenvalue weighted by Crippen LogP contribution is -2.58. The zero-order chi connectivity index (χ0) is 27.4. The summed E-state index contributed by atoms with van der Waals surface area (Å²) in [5.41, 5.74) is 6.61. The maximum atomic E-state index is 12.8. The van der Waals surface area contributed by atoms with Crippen LogP contribution in [0.25, 0.3) is 0 Å². The Labute approximate surface area is 207 Å². The Bertz CT molecular complexity index is 952. The van der Waals surface area contributed by atoms with Crippen molar-refractivity contribution in [3.63, 3.8) is 0 Å². The molecule has 1 aromatic carbocycles. The van der Waals surface area contributed by atoms with Gasteiger partial charge in [-0.05, 0) is 24.3 Å². The van der Waals surface area contributed by atoms with E-state index < -0.39 is 72.6 Å². The van der Waals surface area contributed by atoms with Crippen LogP contribution in [-0.2, 0) is 35.2 Å². The van der Waals surface area contributed by atoms with E-state index in [0.29, 0.717) is 0 Å². The first-order valence-corrected chi connectivity index (χ1v) is 11.2. The average molecular weight is 509 g/mol. The van der Waals surface area contributed by atoms with Crippen molar-refractivity contribution < 1.29 is 44.1 Å². The van der Waals surface area contributed by atoms with Crippen LogP contribution in [0.3, 0.4) is 0 Å². The van der Waals surface area contributed by atoms with Crippen LogP contribution in [0.4, 0.5) is 0 Å². The van der Waals surface area contributed by atoms with Crippen LogP contribution >= 0.6 is 0 Å². The summed E-state index contributed by atoms with van der Waals surface area (Å²) >= 11 is 0. The Hall–Kier alpha value is -4.00. The molecule has 0 saturated heterocycles. The number of carbonyl (C=O) groups is 6. The first-order valence-electron chi connectivity index (χ1n) is 11.2. The summed E-state index contributed by atoms with van der Waals surface area (Å²) in [6, 6.07) is 2.85. The van der Waals surface area contributed by atoms with Gasteiger partial charge in [0.25, 0.3) is 0 Å². The van der Waals surface area contributed by atoms with Crippen LogP contribution in [0.15, 0.2) is 30.3 Å². The molecule has 0 aliphatic heterocycles. The monoisotopic (exact) mass is 508 g/mol. The van der Waals surface area contributed by atoms with Gasteiger partial charge in [0.15, 0.2) is 0 Å². The summed E-state index contributed by atoms with van der Waals surface area (Å²) in [4.78, 5) is 71.9. The smallest absolute Gasteiger partial charge is 0.326 e. The molecular formula is C23H32N4O9. The minimum atomic E-state index is -1.73. The molecule has 1 rings (SSSR count). The summed E-state index contributed by atoms with van der Waals surface area (Å²) in [6.07, 6.45) is -1.63. The molecule has 0 heterocycles. The van der Waals surface area contributed by atoms with Gasteiger partial charge in [-0.15, -0.1) is 0 Å². The summed E-state index contributed by atoms with van der Waals surface area (Å²) < 4.78 is 0. The number of nitrogens with one attached hydrogen (secondary N) is 3. The highest BCUT2D eigenvalue weighted by atomic mass is 16.4. The zero-order valence-corrected chi connectivity index (χ0v) is 20.0. The van der Waals surface area contributed by atoms with Gasteiger partial charge >= 0.3 is 17.9 Å². The molecule has 0 aliphatic carbocycles. The summed E-state index contributed by atoms with van der Waals surface area (Å²) in [6.45, 7) is 3.45. The number of hydrogen-bond donors (Lipinski definition) is 7. The number of amides is 3. The molecule has 3 amide bonds. The van der Waals surface area contributed by atoms with Crippen molar-refractivity contribution in [3.8, 4) is 0 Å². The van der Waals surface area contributed by atoms with E-state index in [-0.39, 0.29) is 18.8 Å². The van der Waals surface area contributed by atoms with E-state index in [2.05, 4.69) is 16.0 Å². The van der Waals surface area contributed by atoms with Crippen LogP contribution in [-0.4, -0.2) is 75.1 Å². The Morgan fingerprint density at radius 2 is 1.19 bits per heavy atom. The second kappa shape index (κ2) is 14.4. The van der Waals surface area contributed by atoms with Gasteiger partial charge in [-0.1, -0.05) is 44.2 Å². The molecule has 0 fully saturated rings. The van der Waals surface area contributed by atoms with Gasteiger partial charge in [-0.2, -0.15) is 0 Å². The first kappa shape index (κ1) is 30.0. The zero-order valence-electron chi connectivity index (χ0n) is 20.0. The molecule has 0 saturated carbocycles. The molecule has 0 aliphatic rings. The summed E-state index contributed by atoms with van der Waals surface area (Å²) in [5, 5.41) is 34.1. The predicted molar refractivity (Wildman–Crippen MR) is 126 cm³/mol. The maximum absolute atomic E-state index is 12.8. The lowest BCUT2D eigenvalue weighted by molar-refractivity contribution is -0.145. The Morgan fingerprint density at radius 1 is 0.750 bits per heavy atom. The molecule has 0 aromatic heterocycles. The minimum absolute atomic E-state index is 0.0474. The van der Waals surface area contributed by atoms with Crippen molar-refractivity contribution in [3.05, 3.63) is 35.9 Å². The van der Waals surface area contributed by atoms with Gasteiger partial charge in [-0.25, -0.2) is 4.79 Å². The lowest BCUT2D eigenvalue weighted by atomic mass is 10.0. The van der Waals surface area contributed by atoms with E-state index in [1.807, 2.05) is 0 Å². The molecule has 13 nitrogen and oxygen atoms in total. The molecule has 0 spiro atoms. The van der Waals surface area contributed by atoms with Crippen molar-refractivity contribution in [2.45, 2.75) is 63.7 Å². The van der Waals surface area contributed by atoms with Crippen molar-refractivity contribution in [1.29, 1.82) is 0 Å². The molecule has 1 aromatic rings. The van der Waals surface area contributed by atoms with Gasteiger partial charge in [0, 0.05) is 0 Å². The molecule has 36 heavy (non-hydrogen) atoms. The fourth-order valence-corrected chi connectivity index (χ4v) is 3.24. The van der Waals surface area contributed by atoms with Crippen LogP contribution in [0, 0.1) is 5.92 Å². The second-order valence-electron chi connectivity index (χ2n) is 8.64. The fourth-order valence-electron chi connectivity index (χ4n) is 3.24. The van der Waals surface area contributed by atoms with Crippen molar-refractivity contribution >= 4 is 35.6 Å². The number of carboxylic acid groups (broad SMARTS) is 3. The number of rotatable bonds is 15. The molecule has 4 atom stereocenters. The molecule has 8 N–H and O–H groups in total. The van der Waals surface area contributed by atoms with E-state index in [0.717, 1.165) is 5.56 Å². The third kappa shape index (κ3) is 11.0. The largest absolute Gasteiger partial charge is 0.481 e. The molecule has 198 valence electrons. The van der Waals surface area contributed by atoms with E-state index in [1.54, 1.807) is 44.2 Å². The standard InChI is InChI=1S/C23H32N4O9/c1-12(2)8-17(23(35)36)27-22(34)16(11-19(30)31)26-21(33)15(10-18(28)29)25-20(32)14(24)9-13-6-4-3-5-7-13/h3-7,12,14-17H,8-11,24H2,1-2H3,(H,25,32)(H,26,33)(H,27,34)(H,28,29)(H,30,31)(H,35,36). The Kier molecular flexibility index (Phi) is 12.0. The molecule has 13 heteroatoms. The van der Waals surface area contributed by atoms with Gasteiger partial charge in [0.2, 0.25) is 17.7 Å². The van der Waals surface area contributed by atoms with E-state index in [1.165, 1.54) is 0 Å². The van der Waals surface area contributed by atoms with Crippen LogP contribution in [0.1, 0.15) is 38.7 Å². The second-order valence-corrected chi connectivity index (χ2v) is 8.64. The van der Waals surface area contributed by atoms with Crippen molar-refractivity contribution in [1.82, 2.24) is 16.0 Å². The minimum Gasteiger partial charge on any atom is -0.481 e. The number of carbonyl (C=O) groups excluding carboxylic acids is 3. The Balaban J connectivity index is 2.98. The number of aliphatic carboxylic acids is 3. The highest BCUT2D eigenvalue weighted by molar-refractivity contribution is 5.96. The summed E-state index contributed by atoms with van der Waals surface area (Å²) in [7, 11) is 0. The predicted octanol–water partition coefficient (Wildman–Crippen LogP) is -0.909. The average Bonchev–Trinajstić information content (AvgIpc) is 2.77. The normalized spacial score (nSPS) is 14.1. The number of benzene rings is 1. The lowest BCUT2D eigenvalue weighted by Gasteiger charge is -2.24. The van der Waals surface area contributed by atoms with E-state index in [9.17, 15) is 39.0 Å². The van der Waals surface area contributed by atoms with Gasteiger partial charge in [0.05, 0.1) is 18.9 Å². The molecular weight excluding hydrogens is 476 g/mol. The number of carboxylic acids is 3. The van der Waals surface area contributed by atoms with Crippen LogP contribution in [0.5, 0.6) is 0 Å². The van der Waals surface area contributed by atoms with Gasteiger partial charge in [0.1, 0.15) is 18.1 Å². The fraction of sp³-hybridized carbons (Fsp3) is 0.478. The molecule has 4 unspecified atom stereocenters. The van der Waals surface area contributed by atoms with Crippen LogP contribution in [0.2, 0.25) is 0 Å². The third-order valence-electron chi connectivity index (χ3n) is 4.98. The van der Waals surface area contributed by atoms with Gasteiger partial charge in [-0.3, -0.25) is 24.0 Å². The highest BCUT2D eigenvalue weighted by Crippen LogP contribution is 2.07. The summed E-state index contributed by atoms with van der Waals surface area (Å²) in [5.74, 6) is -7.45. The van der Waals surface area contributed by atoms with E-state index >= 15 is 0 Å². The van der Waals surface area contributed by atoms with Crippen LogP contribution < -0.4 is 21.7 Å².